The zero-order valence-electron chi connectivity index (χ0n) is 15.2. The van der Waals surface area contributed by atoms with E-state index >= 15 is 0 Å². The Morgan fingerprint density at radius 1 is 1.27 bits per heavy atom. The van der Waals surface area contributed by atoms with Crippen LogP contribution in [-0.4, -0.2) is 29.1 Å². The minimum Gasteiger partial charge on any atom is -0.494 e. The molecule has 0 N–H and O–H groups in total. The smallest absolute Gasteiger partial charge is 0.279 e. The number of thiazole rings is 1. The van der Waals surface area contributed by atoms with E-state index < -0.39 is 0 Å². The van der Waals surface area contributed by atoms with Gasteiger partial charge in [0.1, 0.15) is 5.75 Å². The molecular formula is C20H22N2O2S2. The fourth-order valence-electron chi connectivity index (χ4n) is 2.72. The Bertz CT molecular complexity index is 989. The molecule has 1 amide bonds. The number of hydrogen-bond acceptors (Lipinski definition) is 4. The van der Waals surface area contributed by atoms with Gasteiger partial charge < -0.3 is 9.30 Å². The number of thioether (sulfide) groups is 1. The predicted octanol–water partition coefficient (Wildman–Crippen LogP) is 4.51. The minimum atomic E-state index is -0.205. The van der Waals surface area contributed by atoms with Gasteiger partial charge in [0.15, 0.2) is 4.80 Å². The SMILES string of the molecule is CCOc1ccc2c(c1)sc(=NC(=O)c1cccc(C)c1)n2CCSC. The van der Waals surface area contributed by atoms with Gasteiger partial charge in [0.2, 0.25) is 0 Å². The van der Waals surface area contributed by atoms with Crippen molar-refractivity contribution in [3.8, 4) is 5.75 Å². The van der Waals surface area contributed by atoms with E-state index in [2.05, 4.69) is 15.8 Å². The first-order chi connectivity index (χ1) is 12.6. The van der Waals surface area contributed by atoms with E-state index in [9.17, 15) is 4.79 Å². The Kier molecular flexibility index (Phi) is 6.16. The van der Waals surface area contributed by atoms with Crippen LogP contribution in [0.3, 0.4) is 0 Å². The molecule has 0 spiro atoms. The van der Waals surface area contributed by atoms with Crippen molar-refractivity contribution in [3.63, 3.8) is 0 Å². The lowest BCUT2D eigenvalue weighted by molar-refractivity contribution is 0.0998. The van der Waals surface area contributed by atoms with Crippen molar-refractivity contribution in [1.29, 1.82) is 0 Å². The highest BCUT2D eigenvalue weighted by Gasteiger charge is 2.10. The van der Waals surface area contributed by atoms with E-state index in [4.69, 9.17) is 4.74 Å². The summed E-state index contributed by atoms with van der Waals surface area (Å²) >= 11 is 3.31. The van der Waals surface area contributed by atoms with Gasteiger partial charge in [-0.2, -0.15) is 16.8 Å². The summed E-state index contributed by atoms with van der Waals surface area (Å²) < 4.78 is 8.81. The first-order valence-corrected chi connectivity index (χ1v) is 10.7. The lowest BCUT2D eigenvalue weighted by Crippen LogP contribution is -2.18. The monoisotopic (exact) mass is 386 g/mol. The highest BCUT2D eigenvalue weighted by molar-refractivity contribution is 7.98. The average Bonchev–Trinajstić information content (AvgIpc) is 2.96. The number of hydrogen-bond donors (Lipinski definition) is 0. The molecule has 0 saturated carbocycles. The van der Waals surface area contributed by atoms with Gasteiger partial charge in [-0.25, -0.2) is 0 Å². The van der Waals surface area contributed by atoms with Crippen molar-refractivity contribution < 1.29 is 9.53 Å². The molecule has 0 bridgehead atoms. The zero-order valence-corrected chi connectivity index (χ0v) is 16.8. The molecule has 0 aliphatic heterocycles. The molecule has 3 aromatic rings. The largest absolute Gasteiger partial charge is 0.494 e. The van der Waals surface area contributed by atoms with Crippen LogP contribution in [-0.2, 0) is 6.54 Å². The summed E-state index contributed by atoms with van der Waals surface area (Å²) in [7, 11) is 0. The van der Waals surface area contributed by atoms with E-state index in [1.54, 1.807) is 11.8 Å². The number of benzene rings is 2. The fraction of sp³-hybridized carbons (Fsp3) is 0.300. The summed E-state index contributed by atoms with van der Waals surface area (Å²) in [4.78, 5) is 17.8. The van der Waals surface area contributed by atoms with Crippen molar-refractivity contribution in [2.24, 2.45) is 4.99 Å². The molecule has 4 nitrogen and oxygen atoms in total. The number of fused-ring (bicyclic) bond motifs is 1. The van der Waals surface area contributed by atoms with E-state index in [-0.39, 0.29) is 5.91 Å². The van der Waals surface area contributed by atoms with Crippen LogP contribution in [0.15, 0.2) is 47.5 Å². The van der Waals surface area contributed by atoms with Crippen LogP contribution in [0.1, 0.15) is 22.8 Å². The summed E-state index contributed by atoms with van der Waals surface area (Å²) in [5, 5.41) is 0. The van der Waals surface area contributed by atoms with E-state index in [1.165, 1.54) is 11.3 Å². The van der Waals surface area contributed by atoms with E-state index in [0.29, 0.717) is 12.2 Å². The van der Waals surface area contributed by atoms with Crippen molar-refractivity contribution in [3.05, 3.63) is 58.4 Å². The normalized spacial score (nSPS) is 11.9. The van der Waals surface area contributed by atoms with Gasteiger partial charge in [-0.05, 0) is 50.4 Å². The molecule has 0 aliphatic carbocycles. The summed E-state index contributed by atoms with van der Waals surface area (Å²) in [5.74, 6) is 1.60. The van der Waals surface area contributed by atoms with Crippen molar-refractivity contribution in [2.45, 2.75) is 20.4 Å². The number of nitrogens with zero attached hydrogens (tertiary/aromatic N) is 2. The van der Waals surface area contributed by atoms with Crippen LogP contribution < -0.4 is 9.54 Å². The third kappa shape index (κ3) is 4.19. The molecule has 0 saturated heterocycles. The molecule has 0 radical (unpaired) electrons. The summed E-state index contributed by atoms with van der Waals surface area (Å²) in [5.41, 5.74) is 2.76. The zero-order chi connectivity index (χ0) is 18.5. The molecule has 0 fully saturated rings. The van der Waals surface area contributed by atoms with Gasteiger partial charge in [-0.3, -0.25) is 4.79 Å². The Hall–Kier alpha value is -2.05. The number of ether oxygens (including phenoxy) is 1. The highest BCUT2D eigenvalue weighted by Crippen LogP contribution is 2.24. The Morgan fingerprint density at radius 2 is 2.12 bits per heavy atom. The van der Waals surface area contributed by atoms with Gasteiger partial charge in [0.25, 0.3) is 5.91 Å². The van der Waals surface area contributed by atoms with Crippen LogP contribution >= 0.6 is 23.1 Å². The molecule has 0 aliphatic rings. The van der Waals surface area contributed by atoms with Crippen molar-refractivity contribution in [1.82, 2.24) is 4.57 Å². The Balaban J connectivity index is 2.08. The molecule has 0 atom stereocenters. The summed E-state index contributed by atoms with van der Waals surface area (Å²) in [6.45, 7) is 5.39. The lowest BCUT2D eigenvalue weighted by Gasteiger charge is -2.05. The molecule has 1 heterocycles. The van der Waals surface area contributed by atoms with Crippen molar-refractivity contribution in [2.75, 3.05) is 18.6 Å². The summed E-state index contributed by atoms with van der Waals surface area (Å²) in [6.07, 6.45) is 2.08. The number of rotatable bonds is 6. The first-order valence-electron chi connectivity index (χ1n) is 8.53. The second-order valence-electron chi connectivity index (χ2n) is 5.88. The molecular weight excluding hydrogens is 364 g/mol. The molecule has 26 heavy (non-hydrogen) atoms. The quantitative estimate of drug-likeness (QED) is 0.626. The van der Waals surface area contributed by atoms with E-state index in [0.717, 1.165) is 38.6 Å². The van der Waals surface area contributed by atoms with Crippen LogP contribution in [0.25, 0.3) is 10.2 Å². The Morgan fingerprint density at radius 3 is 2.85 bits per heavy atom. The van der Waals surface area contributed by atoms with Gasteiger partial charge >= 0.3 is 0 Å². The van der Waals surface area contributed by atoms with Crippen LogP contribution in [0, 0.1) is 6.92 Å². The molecule has 1 aromatic heterocycles. The maximum atomic E-state index is 12.6. The topological polar surface area (TPSA) is 43.6 Å². The van der Waals surface area contributed by atoms with Gasteiger partial charge in [-0.15, -0.1) is 0 Å². The molecule has 3 rings (SSSR count). The number of aryl methyl sites for hydroxylation is 2. The van der Waals surface area contributed by atoms with Crippen molar-refractivity contribution >= 4 is 39.2 Å². The van der Waals surface area contributed by atoms with Gasteiger partial charge in [0, 0.05) is 17.9 Å². The third-order valence-corrected chi connectivity index (χ3v) is 5.58. The number of carbonyl (C=O) groups excluding carboxylic acids is 1. The average molecular weight is 387 g/mol. The molecule has 136 valence electrons. The van der Waals surface area contributed by atoms with Crippen LogP contribution in [0.4, 0.5) is 0 Å². The predicted molar refractivity (Wildman–Crippen MR) is 110 cm³/mol. The number of aromatic nitrogens is 1. The van der Waals surface area contributed by atoms with E-state index in [1.807, 2.05) is 56.3 Å². The fourth-order valence-corrected chi connectivity index (χ4v) is 4.17. The molecule has 6 heteroatoms. The maximum absolute atomic E-state index is 12.6. The second kappa shape index (κ2) is 8.56. The number of amides is 1. The van der Waals surface area contributed by atoms with Crippen LogP contribution in [0.2, 0.25) is 0 Å². The maximum Gasteiger partial charge on any atom is 0.279 e. The molecule has 0 unspecified atom stereocenters. The van der Waals surface area contributed by atoms with Gasteiger partial charge in [-0.1, -0.05) is 29.0 Å². The molecule has 2 aromatic carbocycles. The first kappa shape index (κ1) is 18.7. The Labute approximate surface area is 161 Å². The highest BCUT2D eigenvalue weighted by atomic mass is 32.2. The minimum absolute atomic E-state index is 0.205. The standard InChI is InChI=1S/C20H22N2O2S2/c1-4-24-16-8-9-17-18(13-16)26-20(22(17)10-11-25-3)21-19(23)15-7-5-6-14(2)12-15/h5-9,12-13H,4,10-11H2,1-3H3. The lowest BCUT2D eigenvalue weighted by atomic mass is 10.1. The third-order valence-electron chi connectivity index (χ3n) is 3.95. The van der Waals surface area contributed by atoms with Crippen LogP contribution in [0.5, 0.6) is 5.75 Å². The summed E-state index contributed by atoms with van der Waals surface area (Å²) in [6, 6.07) is 13.6. The number of carbonyl (C=O) groups is 1. The second-order valence-corrected chi connectivity index (χ2v) is 7.87. The van der Waals surface area contributed by atoms with Gasteiger partial charge in [0.05, 0.1) is 16.8 Å².